The monoisotopic (exact) mass is 287 g/mol. The fourth-order valence-electron chi connectivity index (χ4n) is 2.53. The summed E-state index contributed by atoms with van der Waals surface area (Å²) < 4.78 is 13.3. The summed E-state index contributed by atoms with van der Waals surface area (Å²) in [5.41, 5.74) is 8.42. The van der Waals surface area contributed by atoms with E-state index in [1.807, 2.05) is 18.6 Å². The molecule has 112 valence electrons. The van der Waals surface area contributed by atoms with E-state index < -0.39 is 0 Å². The molecule has 1 aliphatic rings. The second kappa shape index (κ2) is 6.18. The second-order valence-electron chi connectivity index (χ2n) is 5.25. The van der Waals surface area contributed by atoms with Crippen LogP contribution in [0.2, 0.25) is 0 Å². The van der Waals surface area contributed by atoms with Gasteiger partial charge in [-0.25, -0.2) is 4.98 Å². The molecule has 0 radical (unpaired) electrons. The van der Waals surface area contributed by atoms with Crippen LogP contribution in [0.3, 0.4) is 0 Å². The van der Waals surface area contributed by atoms with Gasteiger partial charge in [-0.2, -0.15) is 0 Å². The fraction of sp³-hybridized carbons (Fsp3) is 0.438. The lowest BCUT2D eigenvalue weighted by atomic mass is 10.1. The van der Waals surface area contributed by atoms with Crippen molar-refractivity contribution in [3.05, 3.63) is 42.0 Å². The number of aryl methyl sites for hydroxylation is 2. The number of fused-ring (bicyclic) bond motifs is 1. The predicted molar refractivity (Wildman–Crippen MR) is 80.6 cm³/mol. The van der Waals surface area contributed by atoms with Gasteiger partial charge >= 0.3 is 0 Å². The first kappa shape index (κ1) is 13.9. The first-order valence-corrected chi connectivity index (χ1v) is 7.42. The van der Waals surface area contributed by atoms with Crippen LogP contribution in [0.4, 0.5) is 0 Å². The molecule has 0 saturated heterocycles. The van der Waals surface area contributed by atoms with Crippen molar-refractivity contribution < 1.29 is 9.47 Å². The third-order valence-electron chi connectivity index (χ3n) is 3.81. The Balaban J connectivity index is 1.69. The lowest BCUT2D eigenvalue weighted by molar-refractivity contribution is 0.171. The molecule has 1 aromatic heterocycles. The zero-order valence-electron chi connectivity index (χ0n) is 12.3. The molecule has 2 aromatic rings. The van der Waals surface area contributed by atoms with Crippen molar-refractivity contribution in [2.75, 3.05) is 13.2 Å². The molecule has 21 heavy (non-hydrogen) atoms. The van der Waals surface area contributed by atoms with Crippen molar-refractivity contribution in [3.63, 3.8) is 0 Å². The van der Waals surface area contributed by atoms with Crippen molar-refractivity contribution in [2.45, 2.75) is 32.4 Å². The molecule has 1 aliphatic heterocycles. The maximum absolute atomic E-state index is 6.10. The van der Waals surface area contributed by atoms with Gasteiger partial charge in [0.2, 0.25) is 0 Å². The van der Waals surface area contributed by atoms with Gasteiger partial charge < -0.3 is 19.8 Å². The van der Waals surface area contributed by atoms with Gasteiger partial charge in [-0.15, -0.1) is 0 Å². The molecule has 0 fully saturated rings. The molecule has 2 heterocycles. The Morgan fingerprint density at radius 2 is 2.10 bits per heavy atom. The van der Waals surface area contributed by atoms with Crippen molar-refractivity contribution in [3.8, 4) is 11.5 Å². The third-order valence-corrected chi connectivity index (χ3v) is 3.81. The zero-order valence-corrected chi connectivity index (χ0v) is 12.3. The summed E-state index contributed by atoms with van der Waals surface area (Å²) in [6, 6.07) is 6.18. The Hall–Kier alpha value is -2.01. The Morgan fingerprint density at radius 1 is 1.29 bits per heavy atom. The van der Waals surface area contributed by atoms with E-state index in [9.17, 15) is 0 Å². The SMILES string of the molecule is CC[C@@H](N)c1cncn1CCc1ccc2c(c1)OCCO2. The highest BCUT2D eigenvalue weighted by molar-refractivity contribution is 5.43. The summed E-state index contributed by atoms with van der Waals surface area (Å²) in [7, 11) is 0. The van der Waals surface area contributed by atoms with Crippen LogP contribution in [0.1, 0.15) is 30.6 Å². The van der Waals surface area contributed by atoms with E-state index in [2.05, 4.69) is 28.6 Å². The smallest absolute Gasteiger partial charge is 0.161 e. The molecule has 5 heteroatoms. The Morgan fingerprint density at radius 3 is 2.90 bits per heavy atom. The van der Waals surface area contributed by atoms with Crippen LogP contribution in [0.5, 0.6) is 11.5 Å². The minimum atomic E-state index is 0.0489. The van der Waals surface area contributed by atoms with Crippen molar-refractivity contribution in [1.82, 2.24) is 9.55 Å². The minimum Gasteiger partial charge on any atom is -0.486 e. The molecule has 0 amide bonds. The lowest BCUT2D eigenvalue weighted by Gasteiger charge is -2.19. The van der Waals surface area contributed by atoms with E-state index in [-0.39, 0.29) is 6.04 Å². The number of rotatable bonds is 5. The molecule has 5 nitrogen and oxygen atoms in total. The molecule has 0 bridgehead atoms. The summed E-state index contributed by atoms with van der Waals surface area (Å²) in [6.07, 6.45) is 5.53. The number of nitrogens with zero attached hydrogens (tertiary/aromatic N) is 2. The molecule has 1 aromatic carbocycles. The predicted octanol–water partition coefficient (Wildman–Crippen LogP) is 2.31. The van der Waals surface area contributed by atoms with E-state index in [4.69, 9.17) is 15.2 Å². The number of imidazole rings is 1. The number of nitrogens with two attached hydrogens (primary N) is 1. The van der Waals surface area contributed by atoms with Crippen LogP contribution in [-0.4, -0.2) is 22.8 Å². The van der Waals surface area contributed by atoms with Gasteiger partial charge in [0.1, 0.15) is 13.2 Å². The number of aromatic nitrogens is 2. The summed E-state index contributed by atoms with van der Waals surface area (Å²) in [4.78, 5) is 4.21. The summed E-state index contributed by atoms with van der Waals surface area (Å²) >= 11 is 0. The summed E-state index contributed by atoms with van der Waals surface area (Å²) in [6.45, 7) is 4.19. The molecular weight excluding hydrogens is 266 g/mol. The second-order valence-corrected chi connectivity index (χ2v) is 5.25. The molecule has 0 unspecified atom stereocenters. The van der Waals surface area contributed by atoms with Gasteiger partial charge in [-0.1, -0.05) is 13.0 Å². The minimum absolute atomic E-state index is 0.0489. The molecule has 0 spiro atoms. The molecule has 0 aliphatic carbocycles. The maximum atomic E-state index is 6.10. The summed E-state index contributed by atoms with van der Waals surface area (Å²) in [5, 5.41) is 0. The van der Waals surface area contributed by atoms with Gasteiger partial charge in [0.25, 0.3) is 0 Å². The van der Waals surface area contributed by atoms with Crippen LogP contribution in [0.15, 0.2) is 30.7 Å². The van der Waals surface area contributed by atoms with Crippen LogP contribution < -0.4 is 15.2 Å². The van der Waals surface area contributed by atoms with E-state index in [1.54, 1.807) is 0 Å². The van der Waals surface area contributed by atoms with E-state index >= 15 is 0 Å². The van der Waals surface area contributed by atoms with Crippen LogP contribution >= 0.6 is 0 Å². The van der Waals surface area contributed by atoms with Crippen molar-refractivity contribution in [2.24, 2.45) is 5.73 Å². The van der Waals surface area contributed by atoms with Gasteiger partial charge in [0, 0.05) is 18.8 Å². The lowest BCUT2D eigenvalue weighted by Crippen LogP contribution is -2.16. The number of hydrogen-bond acceptors (Lipinski definition) is 4. The fourth-order valence-corrected chi connectivity index (χ4v) is 2.53. The number of ether oxygens (including phenoxy) is 2. The van der Waals surface area contributed by atoms with Gasteiger partial charge in [0.05, 0.1) is 12.0 Å². The van der Waals surface area contributed by atoms with Crippen molar-refractivity contribution in [1.29, 1.82) is 0 Å². The third kappa shape index (κ3) is 3.03. The van der Waals surface area contributed by atoms with Gasteiger partial charge in [0.15, 0.2) is 11.5 Å². The van der Waals surface area contributed by atoms with Crippen molar-refractivity contribution >= 4 is 0 Å². The van der Waals surface area contributed by atoms with Gasteiger partial charge in [-0.05, 0) is 30.5 Å². The summed E-state index contributed by atoms with van der Waals surface area (Å²) in [5.74, 6) is 1.68. The van der Waals surface area contributed by atoms with Crippen LogP contribution in [-0.2, 0) is 13.0 Å². The first-order chi connectivity index (χ1) is 10.3. The average molecular weight is 287 g/mol. The first-order valence-electron chi connectivity index (χ1n) is 7.42. The maximum Gasteiger partial charge on any atom is 0.161 e. The van der Waals surface area contributed by atoms with E-state index in [0.717, 1.165) is 36.6 Å². The number of benzene rings is 1. The Labute approximate surface area is 124 Å². The highest BCUT2D eigenvalue weighted by atomic mass is 16.6. The Kier molecular flexibility index (Phi) is 4.10. The average Bonchev–Trinajstić information content (AvgIpc) is 3.00. The molecular formula is C16H21N3O2. The topological polar surface area (TPSA) is 62.3 Å². The molecule has 1 atom stereocenters. The standard InChI is InChI=1S/C16H21N3O2/c1-2-13(17)14-10-18-11-19(14)6-5-12-3-4-15-16(9-12)21-8-7-20-15/h3-4,9-11,13H,2,5-8,17H2,1H3/t13-/m1/s1. The van der Waals surface area contributed by atoms with Crippen LogP contribution in [0.25, 0.3) is 0 Å². The largest absolute Gasteiger partial charge is 0.486 e. The van der Waals surface area contributed by atoms with E-state index in [0.29, 0.717) is 13.2 Å². The zero-order chi connectivity index (χ0) is 14.7. The quantitative estimate of drug-likeness (QED) is 0.916. The number of hydrogen-bond donors (Lipinski definition) is 1. The molecule has 3 rings (SSSR count). The van der Waals surface area contributed by atoms with Gasteiger partial charge in [-0.3, -0.25) is 0 Å². The highest BCUT2D eigenvalue weighted by Crippen LogP contribution is 2.31. The highest BCUT2D eigenvalue weighted by Gasteiger charge is 2.13. The molecule has 0 saturated carbocycles. The van der Waals surface area contributed by atoms with E-state index in [1.165, 1.54) is 5.56 Å². The Bertz CT molecular complexity index is 609. The normalized spacial score (nSPS) is 15.0. The van der Waals surface area contributed by atoms with Crippen LogP contribution in [0, 0.1) is 0 Å². The molecule has 2 N–H and O–H groups in total.